The number of benzene rings is 1. The number of methoxy groups -OCH3 is 1. The molecule has 1 N–H and O–H groups in total. The molecule has 6 nitrogen and oxygen atoms in total. The minimum Gasteiger partial charge on any atom is -0.468 e. The molecule has 0 atom stereocenters. The highest BCUT2D eigenvalue weighted by atomic mass is 16.5. The molecule has 1 aromatic heterocycles. The number of nitrogens with one attached hydrogen (secondary N) is 1. The van der Waals surface area contributed by atoms with Crippen LogP contribution in [0.5, 0.6) is 0 Å². The minimum absolute atomic E-state index is 0.000853. The van der Waals surface area contributed by atoms with Gasteiger partial charge in [0.2, 0.25) is 5.91 Å². The van der Waals surface area contributed by atoms with Gasteiger partial charge < -0.3 is 10.1 Å². The first kappa shape index (κ1) is 16.2. The van der Waals surface area contributed by atoms with Crippen LogP contribution in [0.4, 0.5) is 5.82 Å². The molecule has 0 aliphatic heterocycles. The van der Waals surface area contributed by atoms with E-state index in [1.165, 1.54) is 17.4 Å². The molecule has 1 aliphatic carbocycles. The molecule has 0 bridgehead atoms. The van der Waals surface area contributed by atoms with Crippen LogP contribution in [0.15, 0.2) is 42.6 Å². The topological polar surface area (TPSA) is 73.2 Å². The van der Waals surface area contributed by atoms with Gasteiger partial charge in [-0.2, -0.15) is 5.10 Å². The molecule has 1 aliphatic rings. The molecule has 1 saturated carbocycles. The Morgan fingerprint density at radius 3 is 2.62 bits per heavy atom. The fourth-order valence-electron chi connectivity index (χ4n) is 3.04. The Labute approximate surface area is 140 Å². The maximum atomic E-state index is 12.8. The molecular formula is C18H21N3O3. The third kappa shape index (κ3) is 3.48. The van der Waals surface area contributed by atoms with Crippen molar-refractivity contribution in [2.75, 3.05) is 12.4 Å². The Balaban J connectivity index is 1.66. The molecule has 24 heavy (non-hydrogen) atoms. The summed E-state index contributed by atoms with van der Waals surface area (Å²) in [5.74, 6) is 0.0830. The Hall–Kier alpha value is -2.63. The van der Waals surface area contributed by atoms with Gasteiger partial charge in [0.05, 0.1) is 12.5 Å². The molecule has 6 heteroatoms. The number of aromatic nitrogens is 2. The van der Waals surface area contributed by atoms with Gasteiger partial charge in [0.1, 0.15) is 6.54 Å². The summed E-state index contributed by atoms with van der Waals surface area (Å²) in [6, 6.07) is 11.8. The quantitative estimate of drug-likeness (QED) is 0.827. The lowest BCUT2D eigenvalue weighted by Gasteiger charge is -2.40. The second kappa shape index (κ2) is 6.86. The Kier molecular flexibility index (Phi) is 4.64. The second-order valence-electron chi connectivity index (χ2n) is 6.23. The predicted molar refractivity (Wildman–Crippen MR) is 89.3 cm³/mol. The van der Waals surface area contributed by atoms with Gasteiger partial charge in [-0.25, -0.2) is 0 Å². The Bertz CT molecular complexity index is 720. The molecule has 2 aromatic rings. The average molecular weight is 327 g/mol. The van der Waals surface area contributed by atoms with Crippen molar-refractivity contribution < 1.29 is 14.3 Å². The summed E-state index contributed by atoms with van der Waals surface area (Å²) in [6.07, 6.45) is 5.23. The smallest absolute Gasteiger partial charge is 0.327 e. The van der Waals surface area contributed by atoms with Crippen LogP contribution < -0.4 is 5.32 Å². The molecule has 3 rings (SSSR count). The summed E-state index contributed by atoms with van der Waals surface area (Å²) in [5, 5.41) is 7.09. The molecule has 0 saturated heterocycles. The molecule has 1 fully saturated rings. The van der Waals surface area contributed by atoms with Crippen molar-refractivity contribution >= 4 is 17.7 Å². The summed E-state index contributed by atoms with van der Waals surface area (Å²) in [7, 11) is 1.33. The average Bonchev–Trinajstić information content (AvgIpc) is 2.98. The number of esters is 1. The highest BCUT2D eigenvalue weighted by Gasteiger charge is 2.44. The number of rotatable bonds is 6. The Morgan fingerprint density at radius 2 is 2.00 bits per heavy atom. The van der Waals surface area contributed by atoms with Crippen LogP contribution in [-0.4, -0.2) is 28.8 Å². The van der Waals surface area contributed by atoms with Crippen molar-refractivity contribution in [3.05, 3.63) is 48.2 Å². The molecule has 0 spiro atoms. The lowest BCUT2D eigenvalue weighted by Crippen LogP contribution is -2.43. The molecule has 0 radical (unpaired) electrons. The lowest BCUT2D eigenvalue weighted by atomic mass is 9.64. The van der Waals surface area contributed by atoms with Gasteiger partial charge in [0, 0.05) is 12.3 Å². The second-order valence-corrected chi connectivity index (χ2v) is 6.23. The first-order valence-electron chi connectivity index (χ1n) is 8.07. The van der Waals surface area contributed by atoms with Crippen LogP contribution in [0.1, 0.15) is 24.8 Å². The van der Waals surface area contributed by atoms with E-state index in [1.807, 2.05) is 18.2 Å². The van der Waals surface area contributed by atoms with E-state index in [0.717, 1.165) is 25.7 Å². The number of hydrogen-bond donors (Lipinski definition) is 1. The third-order valence-electron chi connectivity index (χ3n) is 4.58. The van der Waals surface area contributed by atoms with Crippen LogP contribution in [-0.2, 0) is 27.3 Å². The fraction of sp³-hybridized carbons (Fsp3) is 0.389. The summed E-state index contributed by atoms with van der Waals surface area (Å²) in [6.45, 7) is 0.0293. The maximum absolute atomic E-state index is 12.8. The van der Waals surface area contributed by atoms with E-state index < -0.39 is 0 Å². The number of nitrogens with zero attached hydrogens (tertiary/aromatic N) is 2. The SMILES string of the molecule is COC(=O)Cn1ccc(NC(=O)C2(Cc3ccccc3)CCC2)n1. The maximum Gasteiger partial charge on any atom is 0.327 e. The summed E-state index contributed by atoms with van der Waals surface area (Å²) >= 11 is 0. The molecule has 0 unspecified atom stereocenters. The summed E-state index contributed by atoms with van der Waals surface area (Å²) in [5.41, 5.74) is 0.816. The van der Waals surface area contributed by atoms with Crippen LogP contribution in [0.2, 0.25) is 0 Å². The van der Waals surface area contributed by atoms with E-state index in [-0.39, 0.29) is 23.8 Å². The fourth-order valence-corrected chi connectivity index (χ4v) is 3.04. The van der Waals surface area contributed by atoms with E-state index in [2.05, 4.69) is 27.3 Å². The van der Waals surface area contributed by atoms with E-state index >= 15 is 0 Å². The van der Waals surface area contributed by atoms with Gasteiger partial charge in [0.25, 0.3) is 0 Å². The normalized spacial score (nSPS) is 15.4. The van der Waals surface area contributed by atoms with E-state index in [9.17, 15) is 9.59 Å². The van der Waals surface area contributed by atoms with Gasteiger partial charge in [-0.15, -0.1) is 0 Å². The van der Waals surface area contributed by atoms with E-state index in [1.54, 1.807) is 12.3 Å². The van der Waals surface area contributed by atoms with Crippen LogP contribution in [0, 0.1) is 5.41 Å². The van der Waals surface area contributed by atoms with Crippen molar-refractivity contribution in [3.8, 4) is 0 Å². The Morgan fingerprint density at radius 1 is 1.25 bits per heavy atom. The number of hydrogen-bond acceptors (Lipinski definition) is 4. The van der Waals surface area contributed by atoms with E-state index in [4.69, 9.17) is 0 Å². The number of carbonyl (C=O) groups is 2. The molecule has 1 heterocycles. The monoisotopic (exact) mass is 327 g/mol. The largest absolute Gasteiger partial charge is 0.468 e. The third-order valence-corrected chi connectivity index (χ3v) is 4.58. The van der Waals surface area contributed by atoms with Crippen molar-refractivity contribution in [2.24, 2.45) is 5.41 Å². The van der Waals surface area contributed by atoms with Crippen LogP contribution in [0.3, 0.4) is 0 Å². The summed E-state index contributed by atoms with van der Waals surface area (Å²) < 4.78 is 6.06. The zero-order valence-electron chi connectivity index (χ0n) is 13.7. The van der Waals surface area contributed by atoms with Crippen molar-refractivity contribution in [1.82, 2.24) is 9.78 Å². The molecule has 1 amide bonds. The van der Waals surface area contributed by atoms with Crippen molar-refractivity contribution in [2.45, 2.75) is 32.2 Å². The first-order valence-corrected chi connectivity index (χ1v) is 8.07. The molecule has 126 valence electrons. The lowest BCUT2D eigenvalue weighted by molar-refractivity contribution is -0.141. The minimum atomic E-state index is -0.379. The van der Waals surface area contributed by atoms with Crippen LogP contribution >= 0.6 is 0 Å². The molecular weight excluding hydrogens is 306 g/mol. The van der Waals surface area contributed by atoms with Crippen molar-refractivity contribution in [1.29, 1.82) is 0 Å². The highest BCUT2D eigenvalue weighted by Crippen LogP contribution is 2.44. The number of amides is 1. The van der Waals surface area contributed by atoms with Gasteiger partial charge in [0.15, 0.2) is 5.82 Å². The number of anilines is 1. The van der Waals surface area contributed by atoms with Gasteiger partial charge in [-0.3, -0.25) is 14.3 Å². The summed E-state index contributed by atoms with van der Waals surface area (Å²) in [4.78, 5) is 24.0. The standard InChI is InChI=1S/C18H21N3O3/c1-24-16(22)13-21-11-8-15(20-21)19-17(23)18(9-5-10-18)12-14-6-3-2-4-7-14/h2-4,6-8,11H,5,9-10,12-13H2,1H3,(H,19,20,23). The van der Waals surface area contributed by atoms with E-state index in [0.29, 0.717) is 5.82 Å². The van der Waals surface area contributed by atoms with Gasteiger partial charge >= 0.3 is 5.97 Å². The number of carbonyl (C=O) groups excluding carboxylic acids is 2. The zero-order chi connectivity index (χ0) is 17.0. The van der Waals surface area contributed by atoms with Gasteiger partial charge in [-0.1, -0.05) is 36.8 Å². The highest BCUT2D eigenvalue weighted by molar-refractivity contribution is 5.95. The first-order chi connectivity index (χ1) is 11.6. The van der Waals surface area contributed by atoms with Crippen molar-refractivity contribution in [3.63, 3.8) is 0 Å². The number of ether oxygens (including phenoxy) is 1. The van der Waals surface area contributed by atoms with Gasteiger partial charge in [-0.05, 0) is 24.8 Å². The molecule has 1 aromatic carbocycles. The zero-order valence-corrected chi connectivity index (χ0v) is 13.7. The predicted octanol–water partition coefficient (Wildman–Crippen LogP) is 2.41. The van der Waals surface area contributed by atoms with Crippen LogP contribution in [0.25, 0.3) is 0 Å².